The number of hydrogen-bond acceptors (Lipinski definition) is 1. The first-order chi connectivity index (χ1) is 11.1. The third kappa shape index (κ3) is 2.31. The van der Waals surface area contributed by atoms with Gasteiger partial charge in [-0.2, -0.15) is 0 Å². The zero-order valence-electron chi connectivity index (χ0n) is 13.4. The molecule has 2 heteroatoms. The molecule has 0 heterocycles. The molecule has 4 rings (SSSR count). The van der Waals surface area contributed by atoms with Crippen molar-refractivity contribution in [2.75, 3.05) is 5.32 Å². The number of carbonyl (C=O) groups excluding carboxylic acids is 1. The smallest absolute Gasteiger partial charge is 0.255 e. The monoisotopic (exact) mass is 301 g/mol. The fourth-order valence-corrected chi connectivity index (χ4v) is 3.43. The van der Waals surface area contributed by atoms with Crippen molar-refractivity contribution >= 4 is 22.4 Å². The van der Waals surface area contributed by atoms with Crippen LogP contribution in [0.25, 0.3) is 10.8 Å². The highest BCUT2D eigenvalue weighted by Crippen LogP contribution is 2.35. The highest BCUT2D eigenvalue weighted by atomic mass is 16.1. The number of rotatable bonds is 2. The third-order valence-corrected chi connectivity index (χ3v) is 4.89. The molecule has 3 aromatic rings. The number of aryl methyl sites for hydroxylation is 4. The van der Waals surface area contributed by atoms with Crippen LogP contribution in [0.4, 0.5) is 5.69 Å². The van der Waals surface area contributed by atoms with Crippen LogP contribution in [0.1, 0.15) is 32.6 Å². The van der Waals surface area contributed by atoms with Crippen LogP contribution < -0.4 is 5.32 Å². The Hall–Kier alpha value is -2.61. The first kappa shape index (κ1) is 14.0. The van der Waals surface area contributed by atoms with Gasteiger partial charge in [-0.15, -0.1) is 0 Å². The van der Waals surface area contributed by atoms with Crippen LogP contribution in [-0.4, -0.2) is 5.91 Å². The van der Waals surface area contributed by atoms with Crippen molar-refractivity contribution in [3.63, 3.8) is 0 Å². The second kappa shape index (κ2) is 5.24. The molecule has 1 aliphatic rings. The predicted octanol–water partition coefficient (Wildman–Crippen LogP) is 4.81. The van der Waals surface area contributed by atoms with E-state index in [1.807, 2.05) is 31.2 Å². The molecule has 114 valence electrons. The maximum absolute atomic E-state index is 12.6. The van der Waals surface area contributed by atoms with E-state index in [0.717, 1.165) is 29.5 Å². The first-order valence-electron chi connectivity index (χ1n) is 8.05. The van der Waals surface area contributed by atoms with Gasteiger partial charge in [-0.25, -0.2) is 0 Å². The molecule has 0 aromatic heterocycles. The van der Waals surface area contributed by atoms with Crippen molar-refractivity contribution in [1.82, 2.24) is 0 Å². The largest absolute Gasteiger partial charge is 0.321 e. The summed E-state index contributed by atoms with van der Waals surface area (Å²) in [6, 6.07) is 16.4. The number of hydrogen-bond donors (Lipinski definition) is 1. The standard InChI is InChI=1S/C21H19NO/c1-13-6-7-17(12-14(13)2)21(23)22-19-11-10-16-9-8-15-4-3-5-18(19)20(15)16/h3-7,10-12H,8-9H2,1-2H3,(H,22,23). The van der Waals surface area contributed by atoms with E-state index in [4.69, 9.17) is 0 Å². The lowest BCUT2D eigenvalue weighted by Gasteiger charge is -2.11. The molecule has 0 fully saturated rings. The molecule has 1 amide bonds. The van der Waals surface area contributed by atoms with Crippen LogP contribution in [0.15, 0.2) is 48.5 Å². The van der Waals surface area contributed by atoms with Crippen molar-refractivity contribution in [3.8, 4) is 0 Å². The van der Waals surface area contributed by atoms with E-state index >= 15 is 0 Å². The van der Waals surface area contributed by atoms with E-state index in [-0.39, 0.29) is 5.91 Å². The Morgan fingerprint density at radius 3 is 2.48 bits per heavy atom. The Kier molecular flexibility index (Phi) is 3.19. The topological polar surface area (TPSA) is 29.1 Å². The Bertz CT molecular complexity index is 930. The van der Waals surface area contributed by atoms with Gasteiger partial charge in [0.05, 0.1) is 0 Å². The van der Waals surface area contributed by atoms with Gasteiger partial charge in [0.15, 0.2) is 0 Å². The molecule has 0 radical (unpaired) electrons. The van der Waals surface area contributed by atoms with Gasteiger partial charge in [-0.3, -0.25) is 4.79 Å². The molecule has 23 heavy (non-hydrogen) atoms. The van der Waals surface area contributed by atoms with Gasteiger partial charge in [0, 0.05) is 16.6 Å². The molecular formula is C21H19NO. The summed E-state index contributed by atoms with van der Waals surface area (Å²) >= 11 is 0. The molecule has 0 aliphatic heterocycles. The second-order valence-electron chi connectivity index (χ2n) is 6.37. The van der Waals surface area contributed by atoms with Crippen LogP contribution in [0.5, 0.6) is 0 Å². The fourth-order valence-electron chi connectivity index (χ4n) is 3.43. The Morgan fingerprint density at radius 1 is 0.913 bits per heavy atom. The van der Waals surface area contributed by atoms with Crippen molar-refractivity contribution < 1.29 is 4.79 Å². The van der Waals surface area contributed by atoms with Crippen molar-refractivity contribution in [3.05, 3.63) is 76.3 Å². The van der Waals surface area contributed by atoms with Gasteiger partial charge in [0.25, 0.3) is 5.91 Å². The van der Waals surface area contributed by atoms with E-state index in [1.54, 1.807) is 0 Å². The Labute approximate surface area is 136 Å². The summed E-state index contributed by atoms with van der Waals surface area (Å²) in [5, 5.41) is 5.56. The van der Waals surface area contributed by atoms with Gasteiger partial charge in [0.2, 0.25) is 0 Å². The molecule has 2 nitrogen and oxygen atoms in total. The molecule has 0 atom stereocenters. The molecule has 0 saturated heterocycles. The third-order valence-electron chi connectivity index (χ3n) is 4.89. The van der Waals surface area contributed by atoms with E-state index in [1.165, 1.54) is 22.1 Å². The minimum atomic E-state index is -0.0493. The molecule has 0 spiro atoms. The second-order valence-corrected chi connectivity index (χ2v) is 6.37. The lowest BCUT2D eigenvalue weighted by atomic mass is 10.0. The first-order valence-corrected chi connectivity index (χ1v) is 8.05. The maximum Gasteiger partial charge on any atom is 0.255 e. The van der Waals surface area contributed by atoms with Gasteiger partial charge in [-0.05, 0) is 72.5 Å². The van der Waals surface area contributed by atoms with E-state index < -0.39 is 0 Å². The number of benzene rings is 3. The number of carbonyl (C=O) groups is 1. The number of anilines is 1. The summed E-state index contributed by atoms with van der Waals surface area (Å²) in [5.74, 6) is -0.0493. The molecule has 0 bridgehead atoms. The number of amides is 1. The van der Waals surface area contributed by atoms with Crippen LogP contribution in [0.3, 0.4) is 0 Å². The minimum Gasteiger partial charge on any atom is -0.321 e. The minimum absolute atomic E-state index is 0.0493. The maximum atomic E-state index is 12.6. The normalized spacial score (nSPS) is 12.6. The average Bonchev–Trinajstić information content (AvgIpc) is 2.97. The molecular weight excluding hydrogens is 282 g/mol. The SMILES string of the molecule is Cc1ccc(C(=O)Nc2ccc3c4c(cccc24)CC3)cc1C. The van der Waals surface area contributed by atoms with Crippen LogP contribution in [0, 0.1) is 13.8 Å². The predicted molar refractivity (Wildman–Crippen MR) is 95.2 cm³/mol. The highest BCUT2D eigenvalue weighted by molar-refractivity contribution is 6.10. The molecule has 3 aromatic carbocycles. The summed E-state index contributed by atoms with van der Waals surface area (Å²) < 4.78 is 0. The molecule has 0 saturated carbocycles. The van der Waals surface area contributed by atoms with Crippen molar-refractivity contribution in [2.24, 2.45) is 0 Å². The zero-order chi connectivity index (χ0) is 16.0. The molecule has 1 aliphatic carbocycles. The summed E-state index contributed by atoms with van der Waals surface area (Å²) in [4.78, 5) is 12.6. The Balaban J connectivity index is 1.73. The highest BCUT2D eigenvalue weighted by Gasteiger charge is 2.17. The lowest BCUT2D eigenvalue weighted by Crippen LogP contribution is -2.12. The number of nitrogens with one attached hydrogen (secondary N) is 1. The zero-order valence-corrected chi connectivity index (χ0v) is 13.4. The van der Waals surface area contributed by atoms with Crippen molar-refractivity contribution in [1.29, 1.82) is 0 Å². The average molecular weight is 301 g/mol. The molecule has 1 N–H and O–H groups in total. The fraction of sp³-hybridized carbons (Fsp3) is 0.190. The summed E-state index contributed by atoms with van der Waals surface area (Å²) in [6.07, 6.45) is 2.20. The summed E-state index contributed by atoms with van der Waals surface area (Å²) in [7, 11) is 0. The van der Waals surface area contributed by atoms with Crippen LogP contribution in [0.2, 0.25) is 0 Å². The summed E-state index contributed by atoms with van der Waals surface area (Å²) in [6.45, 7) is 4.09. The van der Waals surface area contributed by atoms with Crippen molar-refractivity contribution in [2.45, 2.75) is 26.7 Å². The van der Waals surface area contributed by atoms with E-state index in [9.17, 15) is 4.79 Å². The quantitative estimate of drug-likeness (QED) is 0.723. The van der Waals surface area contributed by atoms with Gasteiger partial charge in [-0.1, -0.05) is 30.3 Å². The van der Waals surface area contributed by atoms with E-state index in [0.29, 0.717) is 5.56 Å². The molecule has 0 unspecified atom stereocenters. The van der Waals surface area contributed by atoms with Gasteiger partial charge >= 0.3 is 0 Å². The summed E-state index contributed by atoms with van der Waals surface area (Å²) in [5.41, 5.74) is 6.72. The van der Waals surface area contributed by atoms with Crippen LogP contribution >= 0.6 is 0 Å². The van der Waals surface area contributed by atoms with Crippen LogP contribution in [-0.2, 0) is 12.8 Å². The lowest BCUT2D eigenvalue weighted by molar-refractivity contribution is 0.102. The Morgan fingerprint density at radius 2 is 1.70 bits per heavy atom. The van der Waals surface area contributed by atoms with Gasteiger partial charge in [0.1, 0.15) is 0 Å². The van der Waals surface area contributed by atoms with E-state index in [2.05, 4.69) is 36.5 Å². The van der Waals surface area contributed by atoms with Gasteiger partial charge < -0.3 is 5.32 Å².